The monoisotopic (exact) mass is 493 g/mol. The fourth-order valence-corrected chi connectivity index (χ4v) is 6.01. The van der Waals surface area contributed by atoms with Gasteiger partial charge in [0.15, 0.2) is 0 Å². The first-order chi connectivity index (χ1) is 16.1. The van der Waals surface area contributed by atoms with Crippen LogP contribution in [-0.4, -0.2) is 91.7 Å². The second-order valence-corrected chi connectivity index (χ2v) is 11.2. The Morgan fingerprint density at radius 2 is 1.53 bits per heavy atom. The summed E-state index contributed by atoms with van der Waals surface area (Å²) in [4.78, 5) is 29.8. The lowest BCUT2D eigenvalue weighted by molar-refractivity contribution is -0.128. The van der Waals surface area contributed by atoms with Gasteiger partial charge in [-0.1, -0.05) is 19.9 Å². The number of carbonyl (C=O) groups excluding carboxylic acids is 2. The molecule has 0 unspecified atom stereocenters. The van der Waals surface area contributed by atoms with Gasteiger partial charge in [0.25, 0.3) is 0 Å². The van der Waals surface area contributed by atoms with Crippen molar-refractivity contribution in [3.63, 3.8) is 0 Å². The maximum Gasteiger partial charge on any atom is 0.243 e. The first-order valence-electron chi connectivity index (χ1n) is 12.3. The Balaban J connectivity index is 1.59. The lowest BCUT2D eigenvalue weighted by atomic mass is 10.1. The van der Waals surface area contributed by atoms with Crippen LogP contribution in [0.5, 0.6) is 0 Å². The SMILES string of the molecule is CCN(CC)S(=O)(=O)c1cc(NC(=O)[C@@H](C)N2CCN([C@H](C)C(=O)NC3CC3)CC2)ccc1C. The van der Waals surface area contributed by atoms with Crippen LogP contribution in [0.25, 0.3) is 0 Å². The van der Waals surface area contributed by atoms with Crippen molar-refractivity contribution in [1.29, 1.82) is 0 Å². The maximum atomic E-state index is 13.0. The average molecular weight is 494 g/mol. The molecule has 0 bridgehead atoms. The van der Waals surface area contributed by atoms with Crippen molar-refractivity contribution < 1.29 is 18.0 Å². The van der Waals surface area contributed by atoms with Gasteiger partial charge in [0.2, 0.25) is 21.8 Å². The van der Waals surface area contributed by atoms with Gasteiger partial charge in [0, 0.05) is 51.0 Å². The summed E-state index contributed by atoms with van der Waals surface area (Å²) in [6.45, 7) is 12.7. The Labute approximate surface area is 203 Å². The van der Waals surface area contributed by atoms with E-state index in [1.54, 1.807) is 25.1 Å². The highest BCUT2D eigenvalue weighted by Gasteiger charge is 2.32. The van der Waals surface area contributed by atoms with E-state index in [1.165, 1.54) is 4.31 Å². The summed E-state index contributed by atoms with van der Waals surface area (Å²) in [5.41, 5.74) is 1.12. The predicted octanol–water partition coefficient (Wildman–Crippen LogP) is 1.64. The summed E-state index contributed by atoms with van der Waals surface area (Å²) in [5, 5.41) is 5.95. The van der Waals surface area contributed by atoms with Crippen molar-refractivity contribution in [2.24, 2.45) is 0 Å². The van der Waals surface area contributed by atoms with Gasteiger partial charge in [-0.2, -0.15) is 4.31 Å². The fourth-order valence-electron chi connectivity index (χ4n) is 4.30. The van der Waals surface area contributed by atoms with E-state index in [2.05, 4.69) is 20.4 Å². The number of nitrogens with zero attached hydrogens (tertiary/aromatic N) is 3. The summed E-state index contributed by atoms with van der Waals surface area (Å²) in [6.07, 6.45) is 2.14. The van der Waals surface area contributed by atoms with E-state index in [4.69, 9.17) is 0 Å². The summed E-state index contributed by atoms with van der Waals surface area (Å²) in [7, 11) is -3.62. The number of piperazine rings is 1. The summed E-state index contributed by atoms with van der Waals surface area (Å²) in [5.74, 6) is -0.0976. The van der Waals surface area contributed by atoms with E-state index < -0.39 is 10.0 Å². The number of amides is 2. The number of hydrogen-bond donors (Lipinski definition) is 2. The molecule has 1 saturated heterocycles. The molecule has 34 heavy (non-hydrogen) atoms. The molecule has 0 aromatic heterocycles. The molecule has 2 fully saturated rings. The van der Waals surface area contributed by atoms with E-state index in [9.17, 15) is 18.0 Å². The maximum absolute atomic E-state index is 13.0. The van der Waals surface area contributed by atoms with Crippen LogP contribution in [0, 0.1) is 6.92 Å². The van der Waals surface area contributed by atoms with Gasteiger partial charge in [-0.3, -0.25) is 19.4 Å². The highest BCUT2D eigenvalue weighted by molar-refractivity contribution is 7.89. The number of anilines is 1. The van der Waals surface area contributed by atoms with Crippen molar-refractivity contribution in [2.45, 2.75) is 70.5 Å². The highest BCUT2D eigenvalue weighted by Crippen LogP contribution is 2.24. The van der Waals surface area contributed by atoms with Crippen molar-refractivity contribution >= 4 is 27.5 Å². The third-order valence-corrected chi connectivity index (χ3v) is 9.10. The van der Waals surface area contributed by atoms with E-state index in [1.807, 2.05) is 27.7 Å². The van der Waals surface area contributed by atoms with Crippen LogP contribution in [0.4, 0.5) is 5.69 Å². The second-order valence-electron chi connectivity index (χ2n) is 9.27. The molecule has 2 atom stereocenters. The first kappa shape index (κ1) is 26.6. The molecule has 0 radical (unpaired) electrons. The van der Waals surface area contributed by atoms with Gasteiger partial charge in [-0.25, -0.2) is 8.42 Å². The van der Waals surface area contributed by atoms with Gasteiger partial charge in [-0.15, -0.1) is 0 Å². The summed E-state index contributed by atoms with van der Waals surface area (Å²) < 4.78 is 27.4. The average Bonchev–Trinajstić information content (AvgIpc) is 3.63. The predicted molar refractivity (Wildman–Crippen MR) is 133 cm³/mol. The molecule has 2 N–H and O–H groups in total. The molecule has 190 valence electrons. The number of aryl methyl sites for hydroxylation is 1. The highest BCUT2D eigenvalue weighted by atomic mass is 32.2. The molecule has 1 aromatic rings. The van der Waals surface area contributed by atoms with Crippen LogP contribution in [0.3, 0.4) is 0 Å². The lowest BCUT2D eigenvalue weighted by Crippen LogP contribution is -2.57. The molecule has 1 aromatic carbocycles. The van der Waals surface area contributed by atoms with Crippen molar-refractivity contribution in [2.75, 3.05) is 44.6 Å². The first-order valence-corrected chi connectivity index (χ1v) is 13.7. The Morgan fingerprint density at radius 3 is 2.03 bits per heavy atom. The third-order valence-electron chi connectivity index (χ3n) is 6.91. The molecule has 10 heteroatoms. The zero-order valence-corrected chi connectivity index (χ0v) is 21.8. The Hall–Kier alpha value is -2.01. The molecule has 2 aliphatic rings. The van der Waals surface area contributed by atoms with E-state index in [0.717, 1.165) is 12.8 Å². The number of hydrogen-bond acceptors (Lipinski definition) is 6. The molecule has 1 aliphatic carbocycles. The Morgan fingerprint density at radius 1 is 1.00 bits per heavy atom. The molecule has 9 nitrogen and oxygen atoms in total. The number of benzene rings is 1. The molecule has 1 heterocycles. The third kappa shape index (κ3) is 6.16. The van der Waals surface area contributed by atoms with Gasteiger partial charge in [0.05, 0.1) is 17.0 Å². The number of rotatable bonds is 10. The lowest BCUT2D eigenvalue weighted by Gasteiger charge is -2.39. The smallest absolute Gasteiger partial charge is 0.243 e. The minimum Gasteiger partial charge on any atom is -0.352 e. The van der Waals surface area contributed by atoms with Gasteiger partial charge >= 0.3 is 0 Å². The zero-order valence-electron chi connectivity index (χ0n) is 21.0. The van der Waals surface area contributed by atoms with Crippen molar-refractivity contribution in [3.8, 4) is 0 Å². The van der Waals surface area contributed by atoms with Crippen molar-refractivity contribution in [3.05, 3.63) is 23.8 Å². The van der Waals surface area contributed by atoms with Crippen LogP contribution < -0.4 is 10.6 Å². The van der Waals surface area contributed by atoms with Gasteiger partial charge < -0.3 is 10.6 Å². The Kier molecular flexibility index (Phi) is 8.72. The van der Waals surface area contributed by atoms with Gasteiger partial charge in [0.1, 0.15) is 0 Å². The molecular formula is C24H39N5O4S. The summed E-state index contributed by atoms with van der Waals surface area (Å²) >= 11 is 0. The topological polar surface area (TPSA) is 102 Å². The molecule has 1 aliphatic heterocycles. The number of carbonyl (C=O) groups is 2. The van der Waals surface area contributed by atoms with E-state index >= 15 is 0 Å². The normalized spacial score (nSPS) is 19.6. The molecule has 0 spiro atoms. The largest absolute Gasteiger partial charge is 0.352 e. The van der Waals surface area contributed by atoms with Crippen LogP contribution in [0.15, 0.2) is 23.1 Å². The number of nitrogens with one attached hydrogen (secondary N) is 2. The molecule has 2 amide bonds. The standard InChI is InChI=1S/C24H39N5O4S/c1-6-29(7-2)34(32,33)22-16-21(9-8-17(22)3)26-24(31)19(5)28-14-12-27(13-15-28)18(4)23(30)25-20-10-11-20/h8-9,16,18-20H,6-7,10-15H2,1-5H3,(H,25,30)(H,26,31)/t18-,19-/m1/s1. The minimum atomic E-state index is -3.62. The van der Waals surface area contributed by atoms with Crippen LogP contribution in [0.2, 0.25) is 0 Å². The van der Waals surface area contributed by atoms with E-state index in [-0.39, 0.29) is 28.8 Å². The van der Waals surface area contributed by atoms with Crippen LogP contribution >= 0.6 is 0 Å². The second kappa shape index (κ2) is 11.2. The zero-order chi connectivity index (χ0) is 25.0. The summed E-state index contributed by atoms with van der Waals surface area (Å²) in [6, 6.07) is 4.81. The quantitative estimate of drug-likeness (QED) is 0.514. The van der Waals surface area contributed by atoms with Crippen molar-refractivity contribution in [1.82, 2.24) is 19.4 Å². The van der Waals surface area contributed by atoms with E-state index in [0.29, 0.717) is 56.6 Å². The molecule has 1 saturated carbocycles. The minimum absolute atomic E-state index is 0.0802. The van der Waals surface area contributed by atoms with Gasteiger partial charge in [-0.05, 0) is 51.3 Å². The van der Waals surface area contributed by atoms with Crippen LogP contribution in [0.1, 0.15) is 46.1 Å². The number of sulfonamides is 1. The van der Waals surface area contributed by atoms with Crippen LogP contribution in [-0.2, 0) is 19.6 Å². The molecule has 3 rings (SSSR count). The fraction of sp³-hybridized carbons (Fsp3) is 0.667. The Bertz CT molecular complexity index is 983. The molecular weight excluding hydrogens is 454 g/mol.